The van der Waals surface area contributed by atoms with Crippen molar-refractivity contribution in [2.45, 2.75) is 50.7 Å². The Morgan fingerprint density at radius 2 is 1.88 bits per heavy atom. The van der Waals surface area contributed by atoms with Crippen LogP contribution in [-0.4, -0.2) is 64.4 Å². The van der Waals surface area contributed by atoms with E-state index in [1.165, 1.54) is 0 Å². The lowest BCUT2D eigenvalue weighted by atomic mass is 9.87. The second kappa shape index (κ2) is 10.3. The van der Waals surface area contributed by atoms with Crippen molar-refractivity contribution in [2.75, 3.05) is 19.7 Å². The van der Waals surface area contributed by atoms with Crippen LogP contribution < -0.4 is 0 Å². The van der Waals surface area contributed by atoms with Gasteiger partial charge in [-0.05, 0) is 43.5 Å². The first-order chi connectivity index (χ1) is 15.6. The molecule has 0 bridgehead atoms. The zero-order valence-electron chi connectivity index (χ0n) is 18.0. The third-order valence-electron chi connectivity index (χ3n) is 5.70. The van der Waals surface area contributed by atoms with Crippen LogP contribution in [0.2, 0.25) is 0 Å². The van der Waals surface area contributed by atoms with Crippen molar-refractivity contribution in [3.05, 3.63) is 53.7 Å². The Balaban J connectivity index is 0.000000383. The summed E-state index contributed by atoms with van der Waals surface area (Å²) in [5.74, 6) is -2.03. The van der Waals surface area contributed by atoms with E-state index in [0.29, 0.717) is 37.6 Å². The maximum atomic E-state index is 12.6. The lowest BCUT2D eigenvalue weighted by Gasteiger charge is -2.38. The van der Waals surface area contributed by atoms with Gasteiger partial charge in [0.25, 0.3) is 5.91 Å². The molecule has 1 amide bonds. The number of rotatable bonds is 4. The van der Waals surface area contributed by atoms with Gasteiger partial charge in [-0.2, -0.15) is 13.2 Å². The molecule has 180 valence electrons. The summed E-state index contributed by atoms with van der Waals surface area (Å²) in [4.78, 5) is 27.4. The van der Waals surface area contributed by atoms with Crippen LogP contribution in [0.1, 0.15) is 40.9 Å². The van der Waals surface area contributed by atoms with Crippen LogP contribution in [0.25, 0.3) is 0 Å². The first-order valence-corrected chi connectivity index (χ1v) is 10.4. The van der Waals surface area contributed by atoms with Gasteiger partial charge in [0.15, 0.2) is 0 Å². The second-order valence-corrected chi connectivity index (χ2v) is 7.97. The molecule has 2 aromatic rings. The highest BCUT2D eigenvalue weighted by Gasteiger charge is 2.44. The number of hydrogen-bond acceptors (Lipinski definition) is 6. The maximum absolute atomic E-state index is 12.6. The molecular formula is C22H25F3N2O6. The Kier molecular flexibility index (Phi) is 7.75. The fourth-order valence-electron chi connectivity index (χ4n) is 3.85. The maximum Gasteiger partial charge on any atom is 0.490 e. The summed E-state index contributed by atoms with van der Waals surface area (Å²) in [7, 11) is 0. The highest BCUT2D eigenvalue weighted by atomic mass is 19.4. The third kappa shape index (κ3) is 6.55. The number of carbonyl (C=O) groups excluding carboxylic acids is 1. The molecule has 0 aromatic carbocycles. The third-order valence-corrected chi connectivity index (χ3v) is 5.70. The van der Waals surface area contributed by atoms with Crippen LogP contribution in [0.3, 0.4) is 0 Å². The molecule has 11 heteroatoms. The first-order valence-electron chi connectivity index (χ1n) is 10.4. The molecule has 2 aliphatic rings. The normalized spacial score (nSPS) is 19.8. The van der Waals surface area contributed by atoms with E-state index < -0.39 is 12.1 Å². The summed E-state index contributed by atoms with van der Waals surface area (Å²) in [5, 5.41) is 7.12. The number of furan rings is 1. The van der Waals surface area contributed by atoms with Crippen LogP contribution in [0.15, 0.2) is 41.3 Å². The van der Waals surface area contributed by atoms with Crippen molar-refractivity contribution in [1.29, 1.82) is 0 Å². The number of hydrogen-bond donors (Lipinski definition) is 1. The average molecular weight is 470 g/mol. The van der Waals surface area contributed by atoms with Gasteiger partial charge in [0.2, 0.25) is 0 Å². The van der Waals surface area contributed by atoms with E-state index in [9.17, 15) is 18.0 Å². The Bertz CT molecular complexity index is 939. The molecule has 0 saturated carbocycles. The van der Waals surface area contributed by atoms with Crippen molar-refractivity contribution in [3.63, 3.8) is 0 Å². The van der Waals surface area contributed by atoms with E-state index in [1.807, 2.05) is 24.0 Å². The van der Waals surface area contributed by atoms with Crippen LogP contribution in [0, 0.1) is 6.92 Å². The molecule has 0 aliphatic carbocycles. The van der Waals surface area contributed by atoms with E-state index in [4.69, 9.17) is 23.8 Å². The number of amides is 1. The highest BCUT2D eigenvalue weighted by Crippen LogP contribution is 2.37. The van der Waals surface area contributed by atoms with E-state index in [-0.39, 0.29) is 17.6 Å². The summed E-state index contributed by atoms with van der Waals surface area (Å²) >= 11 is 0. The summed E-state index contributed by atoms with van der Waals surface area (Å²) in [6.45, 7) is 4.45. The number of pyridine rings is 1. The van der Waals surface area contributed by atoms with E-state index >= 15 is 0 Å². The molecule has 1 spiro atoms. The van der Waals surface area contributed by atoms with Gasteiger partial charge in [-0.15, -0.1) is 0 Å². The molecule has 2 aliphatic heterocycles. The zero-order chi connectivity index (χ0) is 24.1. The summed E-state index contributed by atoms with van der Waals surface area (Å²) < 4.78 is 49.1. The number of aryl methyl sites for hydroxylation is 1. The monoisotopic (exact) mass is 470 g/mol. The summed E-state index contributed by atoms with van der Waals surface area (Å²) in [6.07, 6.45) is 2.75. The lowest BCUT2D eigenvalue weighted by molar-refractivity contribution is -0.192. The van der Waals surface area contributed by atoms with Crippen molar-refractivity contribution in [2.24, 2.45) is 0 Å². The van der Waals surface area contributed by atoms with Crippen molar-refractivity contribution in [1.82, 2.24) is 9.88 Å². The fraction of sp³-hybridized carbons (Fsp3) is 0.500. The molecule has 1 atom stereocenters. The molecule has 33 heavy (non-hydrogen) atoms. The largest absolute Gasteiger partial charge is 0.490 e. The molecule has 2 saturated heterocycles. The zero-order valence-corrected chi connectivity index (χ0v) is 18.0. The van der Waals surface area contributed by atoms with E-state index in [0.717, 1.165) is 24.8 Å². The number of carboxylic acids is 1. The number of aromatic nitrogens is 1. The van der Waals surface area contributed by atoms with Gasteiger partial charge in [0.05, 0.1) is 36.7 Å². The highest BCUT2D eigenvalue weighted by molar-refractivity contribution is 5.95. The molecule has 2 fully saturated rings. The Morgan fingerprint density at radius 3 is 2.42 bits per heavy atom. The number of ether oxygens (including phenoxy) is 2. The molecule has 1 N–H and O–H groups in total. The van der Waals surface area contributed by atoms with Gasteiger partial charge in [0.1, 0.15) is 5.76 Å². The molecule has 4 heterocycles. The minimum Gasteiger partial charge on any atom is -0.475 e. The van der Waals surface area contributed by atoms with Gasteiger partial charge >= 0.3 is 12.1 Å². The van der Waals surface area contributed by atoms with Crippen LogP contribution in [0.5, 0.6) is 0 Å². The minimum atomic E-state index is -5.08. The Hall–Kier alpha value is -2.92. The number of halogens is 3. The van der Waals surface area contributed by atoms with Gasteiger partial charge in [-0.1, -0.05) is 0 Å². The molecule has 2 aromatic heterocycles. The standard InChI is InChI=1S/C20H24N2O4.C2HF3O2/c1-15-18(4-11-24-15)19(23)22-9-5-20(6-10-22)12-17(14-26-20)25-13-16-2-7-21-8-3-16;3-2(4,5)1(6)7/h2-4,7-8,11,17H,5-6,9-10,12-14H2,1H3;(H,6,7). The quantitative estimate of drug-likeness (QED) is 0.729. The molecule has 1 unspecified atom stereocenters. The van der Waals surface area contributed by atoms with Gasteiger partial charge in [0, 0.05) is 31.9 Å². The number of aliphatic carboxylic acids is 1. The number of nitrogens with zero attached hydrogens (tertiary/aromatic N) is 2. The molecular weight excluding hydrogens is 445 g/mol. The van der Waals surface area contributed by atoms with Gasteiger partial charge in [-0.25, -0.2) is 4.79 Å². The number of likely N-dealkylation sites (tertiary alicyclic amines) is 1. The predicted octanol–water partition coefficient (Wildman–Crippen LogP) is 3.60. The lowest BCUT2D eigenvalue weighted by Crippen LogP contribution is -2.46. The molecule has 0 radical (unpaired) electrons. The Morgan fingerprint density at radius 1 is 1.24 bits per heavy atom. The van der Waals surface area contributed by atoms with E-state index in [1.54, 1.807) is 24.7 Å². The first kappa shape index (κ1) is 24.7. The second-order valence-electron chi connectivity index (χ2n) is 7.97. The van der Waals surface area contributed by atoms with Crippen molar-refractivity contribution >= 4 is 11.9 Å². The average Bonchev–Trinajstić information content (AvgIpc) is 3.39. The van der Waals surface area contributed by atoms with Crippen molar-refractivity contribution in [3.8, 4) is 0 Å². The fourth-order valence-corrected chi connectivity index (χ4v) is 3.85. The van der Waals surface area contributed by atoms with Crippen LogP contribution in [0.4, 0.5) is 13.2 Å². The van der Waals surface area contributed by atoms with Gasteiger partial charge < -0.3 is 23.9 Å². The number of piperidine rings is 1. The number of carbonyl (C=O) groups is 2. The smallest absolute Gasteiger partial charge is 0.475 e. The topological polar surface area (TPSA) is 102 Å². The minimum absolute atomic E-state index is 0.0505. The van der Waals surface area contributed by atoms with Crippen LogP contribution in [-0.2, 0) is 20.9 Å². The molecule has 4 rings (SSSR count). The van der Waals surface area contributed by atoms with Crippen LogP contribution >= 0.6 is 0 Å². The van der Waals surface area contributed by atoms with Crippen molar-refractivity contribution < 1.29 is 41.8 Å². The summed E-state index contributed by atoms with van der Waals surface area (Å²) in [5.41, 5.74) is 1.63. The predicted molar refractivity (Wildman–Crippen MR) is 108 cm³/mol. The van der Waals surface area contributed by atoms with E-state index in [2.05, 4.69) is 4.98 Å². The van der Waals surface area contributed by atoms with Gasteiger partial charge in [-0.3, -0.25) is 9.78 Å². The number of alkyl halides is 3. The number of carboxylic acid groups (broad SMARTS) is 1. The molecule has 8 nitrogen and oxygen atoms in total. The Labute approximate surface area is 188 Å². The summed E-state index contributed by atoms with van der Waals surface area (Å²) in [6, 6.07) is 5.68. The SMILES string of the molecule is Cc1occc1C(=O)N1CCC2(CC1)CC(OCc1ccncc1)CO2.O=C(O)C(F)(F)F.